The van der Waals surface area contributed by atoms with Crippen molar-refractivity contribution >= 4 is 17.4 Å². The molecule has 1 saturated heterocycles. The van der Waals surface area contributed by atoms with Gasteiger partial charge in [-0.2, -0.15) is 5.26 Å². The van der Waals surface area contributed by atoms with Crippen molar-refractivity contribution in [2.24, 2.45) is 0 Å². The number of nitrogens with zero attached hydrogens (tertiary/aromatic N) is 2. The van der Waals surface area contributed by atoms with Crippen molar-refractivity contribution in [3.05, 3.63) is 76.5 Å². The van der Waals surface area contributed by atoms with Crippen LogP contribution in [0.1, 0.15) is 37.0 Å². The number of allylic oxidation sites excluding steroid dienone is 1. The van der Waals surface area contributed by atoms with Gasteiger partial charge in [-0.15, -0.1) is 0 Å². The second kappa shape index (κ2) is 8.07. The molecule has 1 aliphatic heterocycles. The first-order chi connectivity index (χ1) is 14.2. The number of nitriles is 1. The molecule has 0 saturated carbocycles. The number of likely N-dealkylation sites (N-methyl/N-ethyl adjacent to an activating group) is 1. The van der Waals surface area contributed by atoms with Gasteiger partial charge in [-0.25, -0.2) is 8.78 Å². The summed E-state index contributed by atoms with van der Waals surface area (Å²) in [5.41, 5.74) is -0.291. The Kier molecular flexibility index (Phi) is 5.70. The molecule has 0 spiro atoms. The van der Waals surface area contributed by atoms with Crippen molar-refractivity contribution in [2.75, 3.05) is 7.05 Å². The molecule has 2 aromatic rings. The molecule has 2 aromatic carbocycles. The number of halogens is 2. The van der Waals surface area contributed by atoms with E-state index in [0.29, 0.717) is 12.0 Å². The van der Waals surface area contributed by atoms with Crippen LogP contribution in [0.2, 0.25) is 0 Å². The molecule has 1 unspecified atom stereocenters. The summed E-state index contributed by atoms with van der Waals surface area (Å²) >= 11 is 0. The van der Waals surface area contributed by atoms with Gasteiger partial charge >= 0.3 is 0 Å². The van der Waals surface area contributed by atoms with E-state index in [0.717, 1.165) is 0 Å². The molecule has 30 heavy (non-hydrogen) atoms. The molecule has 1 N–H and O–H groups in total. The number of nitrogens with one attached hydrogen (secondary N) is 1. The summed E-state index contributed by atoms with van der Waals surface area (Å²) in [6.07, 6.45) is 0.529. The fourth-order valence-corrected chi connectivity index (χ4v) is 3.84. The highest BCUT2D eigenvalue weighted by atomic mass is 19.1. The highest BCUT2D eigenvalue weighted by molar-refractivity contribution is 6.10. The van der Waals surface area contributed by atoms with Crippen molar-refractivity contribution in [1.29, 1.82) is 5.26 Å². The lowest BCUT2D eigenvalue weighted by Crippen LogP contribution is -2.65. The summed E-state index contributed by atoms with van der Waals surface area (Å²) in [5, 5.41) is 12.0. The van der Waals surface area contributed by atoms with Crippen LogP contribution in [-0.4, -0.2) is 29.3 Å². The number of benzene rings is 2. The van der Waals surface area contributed by atoms with Crippen LogP contribution in [0.5, 0.6) is 0 Å². The lowest BCUT2D eigenvalue weighted by Gasteiger charge is -2.44. The summed E-state index contributed by atoms with van der Waals surface area (Å²) in [5.74, 6) is -1.94. The number of piperazine rings is 1. The lowest BCUT2D eigenvalue weighted by molar-refractivity contribution is -0.148. The van der Waals surface area contributed by atoms with Gasteiger partial charge in [0.25, 0.3) is 11.8 Å². The summed E-state index contributed by atoms with van der Waals surface area (Å²) in [6, 6.07) is 11.7. The minimum Gasteiger partial charge on any atom is -0.325 e. The van der Waals surface area contributed by atoms with Crippen LogP contribution in [0.3, 0.4) is 0 Å². The van der Waals surface area contributed by atoms with E-state index >= 15 is 0 Å². The first kappa shape index (κ1) is 21.2. The second-order valence-electron chi connectivity index (χ2n) is 7.28. The number of carbonyl (C=O) groups excluding carboxylic acids is 2. The van der Waals surface area contributed by atoms with Crippen molar-refractivity contribution in [3.63, 3.8) is 0 Å². The van der Waals surface area contributed by atoms with Crippen LogP contribution in [0.4, 0.5) is 8.78 Å². The molecule has 1 fully saturated rings. The first-order valence-electron chi connectivity index (χ1n) is 9.49. The Hall–Kier alpha value is -3.53. The Balaban J connectivity index is 2.05. The average molecular weight is 409 g/mol. The normalized spacial score (nSPS) is 20.6. The Labute approximate surface area is 173 Å². The van der Waals surface area contributed by atoms with Crippen LogP contribution < -0.4 is 5.32 Å². The monoisotopic (exact) mass is 409 g/mol. The quantitative estimate of drug-likeness (QED) is 0.785. The van der Waals surface area contributed by atoms with E-state index in [9.17, 15) is 23.6 Å². The maximum absolute atomic E-state index is 14.4. The molecular weight excluding hydrogens is 388 g/mol. The van der Waals surface area contributed by atoms with Gasteiger partial charge in [0.05, 0.1) is 11.6 Å². The van der Waals surface area contributed by atoms with Gasteiger partial charge in [-0.1, -0.05) is 25.1 Å². The number of rotatable bonds is 4. The van der Waals surface area contributed by atoms with Gasteiger partial charge in [0.1, 0.15) is 22.9 Å². The highest BCUT2D eigenvalue weighted by Crippen LogP contribution is 2.33. The van der Waals surface area contributed by atoms with Gasteiger partial charge in [0.2, 0.25) is 0 Å². The maximum atomic E-state index is 14.4. The Morgan fingerprint density at radius 3 is 2.43 bits per heavy atom. The number of hydrogen-bond acceptors (Lipinski definition) is 3. The molecule has 1 heterocycles. The van der Waals surface area contributed by atoms with E-state index < -0.39 is 23.2 Å². The molecule has 7 heteroatoms. The predicted octanol–water partition coefficient (Wildman–Crippen LogP) is 3.55. The summed E-state index contributed by atoms with van der Waals surface area (Å²) < 4.78 is 27.7. The van der Waals surface area contributed by atoms with Crippen molar-refractivity contribution in [2.45, 2.75) is 32.2 Å². The van der Waals surface area contributed by atoms with Crippen LogP contribution in [-0.2, 0) is 16.0 Å². The molecule has 2 amide bonds. The molecule has 0 radical (unpaired) electrons. The molecule has 0 aliphatic carbocycles. The minimum atomic E-state index is -1.17. The van der Waals surface area contributed by atoms with Crippen molar-refractivity contribution in [3.8, 4) is 6.07 Å². The average Bonchev–Trinajstić information content (AvgIpc) is 2.74. The molecule has 5 nitrogen and oxygen atoms in total. The van der Waals surface area contributed by atoms with Gasteiger partial charge in [-0.3, -0.25) is 9.59 Å². The van der Waals surface area contributed by atoms with E-state index in [1.54, 1.807) is 19.1 Å². The zero-order valence-electron chi connectivity index (χ0n) is 16.9. The fraction of sp³-hybridized carbons (Fsp3) is 0.261. The standard InChI is InChI=1S/C23H21F2N3O2/c1-4-23(12-15-8-10-17(24)11-9-15)22(30)27-20(21(29)28(23)3)14(2)19-16(13-26)6-5-7-18(19)25/h5-11H,4,12H2,1-3H3,(H,27,30). The van der Waals surface area contributed by atoms with Gasteiger partial charge < -0.3 is 10.2 Å². The van der Waals surface area contributed by atoms with E-state index in [2.05, 4.69) is 5.32 Å². The van der Waals surface area contributed by atoms with Gasteiger partial charge in [0, 0.05) is 19.0 Å². The number of carbonyl (C=O) groups is 2. The van der Waals surface area contributed by atoms with Crippen LogP contribution in [0.25, 0.3) is 5.57 Å². The zero-order valence-corrected chi connectivity index (χ0v) is 16.9. The Morgan fingerprint density at radius 1 is 1.17 bits per heavy atom. The largest absolute Gasteiger partial charge is 0.325 e. The van der Waals surface area contributed by atoms with Gasteiger partial charge in [-0.05, 0) is 48.7 Å². The SMILES string of the molecule is CCC1(Cc2ccc(F)cc2)C(=O)NC(=C(C)c2c(F)cccc2C#N)C(=O)N1C. The summed E-state index contributed by atoms with van der Waals surface area (Å²) in [4.78, 5) is 27.7. The van der Waals surface area contributed by atoms with E-state index in [1.165, 1.54) is 49.2 Å². The minimum absolute atomic E-state index is 0.0143. The van der Waals surface area contributed by atoms with Crippen LogP contribution in [0, 0.1) is 23.0 Å². The van der Waals surface area contributed by atoms with E-state index in [-0.39, 0.29) is 34.6 Å². The highest BCUT2D eigenvalue weighted by Gasteiger charge is 2.48. The molecule has 1 aliphatic rings. The van der Waals surface area contributed by atoms with Gasteiger partial charge in [0.15, 0.2) is 0 Å². The van der Waals surface area contributed by atoms with E-state index in [4.69, 9.17) is 0 Å². The molecule has 0 aromatic heterocycles. The maximum Gasteiger partial charge on any atom is 0.271 e. The Morgan fingerprint density at radius 2 is 1.83 bits per heavy atom. The third-order valence-electron chi connectivity index (χ3n) is 5.70. The lowest BCUT2D eigenvalue weighted by atomic mass is 9.83. The topological polar surface area (TPSA) is 73.2 Å². The third-order valence-corrected chi connectivity index (χ3v) is 5.70. The second-order valence-corrected chi connectivity index (χ2v) is 7.28. The molecular formula is C23H21F2N3O2. The summed E-state index contributed by atoms with van der Waals surface area (Å²) in [6.45, 7) is 3.29. The predicted molar refractivity (Wildman–Crippen MR) is 108 cm³/mol. The number of amides is 2. The molecule has 154 valence electrons. The zero-order chi connectivity index (χ0) is 22.1. The van der Waals surface area contributed by atoms with Crippen molar-refractivity contribution < 1.29 is 18.4 Å². The fourth-order valence-electron chi connectivity index (χ4n) is 3.84. The first-order valence-corrected chi connectivity index (χ1v) is 9.49. The number of hydrogen-bond donors (Lipinski definition) is 1. The smallest absolute Gasteiger partial charge is 0.271 e. The third kappa shape index (κ3) is 3.45. The summed E-state index contributed by atoms with van der Waals surface area (Å²) in [7, 11) is 1.52. The molecule has 0 bridgehead atoms. The Bertz CT molecular complexity index is 1090. The van der Waals surface area contributed by atoms with Crippen LogP contribution >= 0.6 is 0 Å². The van der Waals surface area contributed by atoms with Crippen LogP contribution in [0.15, 0.2) is 48.2 Å². The molecule has 3 rings (SSSR count). The van der Waals surface area contributed by atoms with Crippen molar-refractivity contribution in [1.82, 2.24) is 10.2 Å². The van der Waals surface area contributed by atoms with E-state index in [1.807, 2.05) is 6.07 Å². The molecule has 1 atom stereocenters.